The number of rotatable bonds is 7. The Labute approximate surface area is 206 Å². The fourth-order valence-corrected chi connectivity index (χ4v) is 3.89. The van der Waals surface area contributed by atoms with Crippen LogP contribution in [0.4, 0.5) is 36.1 Å². The van der Waals surface area contributed by atoms with Gasteiger partial charge in [0.25, 0.3) is 5.91 Å². The van der Waals surface area contributed by atoms with Gasteiger partial charge in [-0.15, -0.1) is 0 Å². The second kappa shape index (κ2) is 11.1. The predicted molar refractivity (Wildman–Crippen MR) is 130 cm³/mol. The summed E-state index contributed by atoms with van der Waals surface area (Å²) in [6, 6.07) is 14.9. The molecule has 2 aromatic carbocycles. The standard InChI is InChI=1S/C26H25F3N4O3/c27-26(28,29)18-6-4-7-20(16-18)32-24-22(8-5-13-30-24)25(35)36-17-23(34)31-19-9-11-21(12-10-19)33-14-2-1-3-15-33/h4-13,16H,1-3,14-15,17H2,(H,30,32)(H,31,34). The van der Waals surface area contributed by atoms with Gasteiger partial charge in [0, 0.05) is 36.3 Å². The minimum absolute atomic E-state index is 0.00975. The van der Waals surface area contributed by atoms with Crippen LogP contribution in [0.2, 0.25) is 0 Å². The molecule has 3 aromatic rings. The highest BCUT2D eigenvalue weighted by molar-refractivity contribution is 5.98. The van der Waals surface area contributed by atoms with E-state index < -0.39 is 30.2 Å². The van der Waals surface area contributed by atoms with Crippen molar-refractivity contribution in [3.05, 3.63) is 78.0 Å². The largest absolute Gasteiger partial charge is 0.452 e. The zero-order valence-electron chi connectivity index (χ0n) is 19.3. The SMILES string of the molecule is O=C(COC(=O)c1cccnc1Nc1cccc(C(F)(F)F)c1)Nc1ccc(N2CCCCC2)cc1. The highest BCUT2D eigenvalue weighted by Crippen LogP contribution is 2.31. The topological polar surface area (TPSA) is 83.6 Å². The number of piperidine rings is 1. The third-order valence-corrected chi connectivity index (χ3v) is 5.69. The second-order valence-corrected chi connectivity index (χ2v) is 8.32. The van der Waals surface area contributed by atoms with E-state index in [4.69, 9.17) is 4.74 Å². The van der Waals surface area contributed by atoms with Crippen molar-refractivity contribution in [3.63, 3.8) is 0 Å². The number of halogens is 3. The summed E-state index contributed by atoms with van der Waals surface area (Å²) in [4.78, 5) is 31.2. The zero-order valence-corrected chi connectivity index (χ0v) is 19.3. The van der Waals surface area contributed by atoms with Gasteiger partial charge in [-0.05, 0) is 73.9 Å². The van der Waals surface area contributed by atoms with Gasteiger partial charge in [0.15, 0.2) is 6.61 Å². The molecule has 1 fully saturated rings. The summed E-state index contributed by atoms with van der Waals surface area (Å²) in [6.45, 7) is 1.49. The first-order valence-corrected chi connectivity index (χ1v) is 11.5. The van der Waals surface area contributed by atoms with E-state index in [1.165, 1.54) is 36.9 Å². The minimum atomic E-state index is -4.51. The van der Waals surface area contributed by atoms with Crippen LogP contribution in [-0.4, -0.2) is 36.6 Å². The van der Waals surface area contributed by atoms with Crippen molar-refractivity contribution >= 4 is 34.8 Å². The van der Waals surface area contributed by atoms with E-state index >= 15 is 0 Å². The molecule has 188 valence electrons. The van der Waals surface area contributed by atoms with Gasteiger partial charge in [-0.3, -0.25) is 4.79 Å². The van der Waals surface area contributed by atoms with Gasteiger partial charge in [0.1, 0.15) is 11.4 Å². The average molecular weight is 499 g/mol. The summed E-state index contributed by atoms with van der Waals surface area (Å²) in [7, 11) is 0. The van der Waals surface area contributed by atoms with Crippen LogP contribution < -0.4 is 15.5 Å². The number of aromatic nitrogens is 1. The molecule has 2 N–H and O–H groups in total. The van der Waals surface area contributed by atoms with E-state index in [0.29, 0.717) is 5.69 Å². The van der Waals surface area contributed by atoms with Crippen LogP contribution in [0, 0.1) is 0 Å². The van der Waals surface area contributed by atoms with Crippen LogP contribution in [0.5, 0.6) is 0 Å². The summed E-state index contributed by atoms with van der Waals surface area (Å²) in [5.41, 5.74) is 0.909. The molecule has 1 amide bonds. The Bertz CT molecular complexity index is 1210. The molecule has 36 heavy (non-hydrogen) atoms. The molecule has 1 aromatic heterocycles. The molecule has 0 saturated carbocycles. The Balaban J connectivity index is 1.34. The van der Waals surface area contributed by atoms with Crippen molar-refractivity contribution in [2.75, 3.05) is 35.2 Å². The van der Waals surface area contributed by atoms with E-state index in [1.807, 2.05) is 12.1 Å². The van der Waals surface area contributed by atoms with Gasteiger partial charge in [-0.1, -0.05) is 6.07 Å². The molecular formula is C26H25F3N4O3. The quantitative estimate of drug-likeness (QED) is 0.411. The highest BCUT2D eigenvalue weighted by atomic mass is 19.4. The molecule has 2 heterocycles. The van der Waals surface area contributed by atoms with Crippen LogP contribution in [0.15, 0.2) is 66.9 Å². The van der Waals surface area contributed by atoms with Crippen molar-refractivity contribution in [2.45, 2.75) is 25.4 Å². The smallest absolute Gasteiger partial charge is 0.416 e. The number of alkyl halides is 3. The average Bonchev–Trinajstić information content (AvgIpc) is 2.88. The first-order chi connectivity index (χ1) is 17.3. The Morgan fingerprint density at radius 2 is 1.69 bits per heavy atom. The minimum Gasteiger partial charge on any atom is -0.452 e. The lowest BCUT2D eigenvalue weighted by atomic mass is 10.1. The third kappa shape index (κ3) is 6.53. The summed E-state index contributed by atoms with van der Waals surface area (Å²) in [6.07, 6.45) is 0.443. The van der Waals surface area contributed by atoms with Crippen molar-refractivity contribution in [1.82, 2.24) is 4.98 Å². The van der Waals surface area contributed by atoms with E-state index in [-0.39, 0.29) is 17.1 Å². The molecule has 0 unspecified atom stereocenters. The van der Waals surface area contributed by atoms with Crippen molar-refractivity contribution < 1.29 is 27.5 Å². The van der Waals surface area contributed by atoms with Gasteiger partial charge in [0.05, 0.1) is 5.56 Å². The van der Waals surface area contributed by atoms with Crippen LogP contribution in [0.1, 0.15) is 35.2 Å². The number of nitrogens with zero attached hydrogens (tertiary/aromatic N) is 2. The normalized spacial score (nSPS) is 13.7. The molecule has 0 radical (unpaired) electrons. The number of esters is 1. The zero-order chi connectivity index (χ0) is 25.5. The Kier molecular flexibility index (Phi) is 7.72. The number of nitrogens with one attached hydrogen (secondary N) is 2. The molecule has 0 spiro atoms. The maximum Gasteiger partial charge on any atom is 0.416 e. The first kappa shape index (κ1) is 25.0. The molecule has 10 heteroatoms. The summed E-state index contributed by atoms with van der Waals surface area (Å²) in [5, 5.41) is 5.39. The Morgan fingerprint density at radius 1 is 0.944 bits per heavy atom. The number of pyridine rings is 1. The Hall–Kier alpha value is -4.08. The van der Waals surface area contributed by atoms with Crippen LogP contribution >= 0.6 is 0 Å². The van der Waals surface area contributed by atoms with E-state index in [9.17, 15) is 22.8 Å². The van der Waals surface area contributed by atoms with Gasteiger partial charge in [-0.2, -0.15) is 13.2 Å². The fourth-order valence-electron chi connectivity index (χ4n) is 3.89. The molecule has 4 rings (SSSR count). The van der Waals surface area contributed by atoms with Crippen molar-refractivity contribution in [3.8, 4) is 0 Å². The molecule has 0 bridgehead atoms. The molecule has 0 aliphatic carbocycles. The number of hydrogen-bond acceptors (Lipinski definition) is 6. The van der Waals surface area contributed by atoms with Crippen molar-refractivity contribution in [1.29, 1.82) is 0 Å². The predicted octanol–water partition coefficient (Wildman–Crippen LogP) is 5.63. The van der Waals surface area contributed by atoms with Crippen LogP contribution in [-0.2, 0) is 15.7 Å². The number of amides is 1. The molecule has 1 aliphatic heterocycles. The van der Waals surface area contributed by atoms with Crippen molar-refractivity contribution in [2.24, 2.45) is 0 Å². The van der Waals surface area contributed by atoms with Crippen LogP contribution in [0.25, 0.3) is 0 Å². The summed E-state index contributed by atoms with van der Waals surface area (Å²) in [5.74, 6) is -1.35. The third-order valence-electron chi connectivity index (χ3n) is 5.69. The number of carbonyl (C=O) groups excluding carboxylic acids is 2. The van der Waals surface area contributed by atoms with Gasteiger partial charge in [-0.25, -0.2) is 9.78 Å². The number of carbonyl (C=O) groups is 2. The molecule has 0 atom stereocenters. The summed E-state index contributed by atoms with van der Waals surface area (Å²) < 4.78 is 44.1. The number of ether oxygens (including phenoxy) is 1. The fraction of sp³-hybridized carbons (Fsp3) is 0.269. The van der Waals surface area contributed by atoms with Gasteiger partial charge < -0.3 is 20.3 Å². The highest BCUT2D eigenvalue weighted by Gasteiger charge is 2.30. The van der Waals surface area contributed by atoms with E-state index in [1.54, 1.807) is 12.1 Å². The molecular weight excluding hydrogens is 473 g/mol. The molecule has 1 aliphatic rings. The molecule has 7 nitrogen and oxygen atoms in total. The number of benzene rings is 2. The van der Waals surface area contributed by atoms with Gasteiger partial charge in [0.2, 0.25) is 0 Å². The maximum atomic E-state index is 13.0. The van der Waals surface area contributed by atoms with E-state index in [2.05, 4.69) is 20.5 Å². The number of hydrogen-bond donors (Lipinski definition) is 2. The first-order valence-electron chi connectivity index (χ1n) is 11.5. The molecule has 1 saturated heterocycles. The van der Waals surface area contributed by atoms with Crippen LogP contribution in [0.3, 0.4) is 0 Å². The number of anilines is 4. The van der Waals surface area contributed by atoms with E-state index in [0.717, 1.165) is 43.8 Å². The maximum absolute atomic E-state index is 13.0. The lowest BCUT2D eigenvalue weighted by molar-refractivity contribution is -0.137. The summed E-state index contributed by atoms with van der Waals surface area (Å²) >= 11 is 0. The lowest BCUT2D eigenvalue weighted by Gasteiger charge is -2.28. The Morgan fingerprint density at radius 3 is 2.42 bits per heavy atom. The monoisotopic (exact) mass is 498 g/mol. The second-order valence-electron chi connectivity index (χ2n) is 8.32. The van der Waals surface area contributed by atoms with Gasteiger partial charge >= 0.3 is 12.1 Å². The lowest BCUT2D eigenvalue weighted by Crippen LogP contribution is -2.29.